The molecule has 0 aliphatic rings. The number of carbonyl (C=O) groups is 1. The van der Waals surface area contributed by atoms with E-state index in [1.54, 1.807) is 4.90 Å². The van der Waals surface area contributed by atoms with Gasteiger partial charge in [0.1, 0.15) is 0 Å². The van der Waals surface area contributed by atoms with Crippen molar-refractivity contribution in [2.45, 2.75) is 20.8 Å². The molecule has 2 heterocycles. The van der Waals surface area contributed by atoms with Crippen LogP contribution in [0.2, 0.25) is 0 Å². The second-order valence-electron chi connectivity index (χ2n) is 5.75. The third-order valence-corrected chi connectivity index (χ3v) is 3.85. The summed E-state index contributed by atoms with van der Waals surface area (Å²) in [7, 11) is 0. The number of ether oxygens (including phenoxy) is 1. The van der Waals surface area contributed by atoms with Crippen LogP contribution in [0.15, 0.2) is 48.8 Å². The number of imidazole rings is 1. The van der Waals surface area contributed by atoms with E-state index >= 15 is 0 Å². The number of anilines is 1. The summed E-state index contributed by atoms with van der Waals surface area (Å²) < 4.78 is 7.65. The topological polar surface area (TPSA) is 46.8 Å². The van der Waals surface area contributed by atoms with Gasteiger partial charge in [0.25, 0.3) is 5.91 Å². The molecule has 0 radical (unpaired) electrons. The Hall–Kier alpha value is -2.82. The summed E-state index contributed by atoms with van der Waals surface area (Å²) in [4.78, 5) is 18.7. The molecule has 0 unspecified atom stereocenters. The summed E-state index contributed by atoms with van der Waals surface area (Å²) in [5, 5.41) is 0. The molecule has 0 aliphatic carbocycles. The number of aromatic nitrogens is 2. The predicted octanol–water partition coefficient (Wildman–Crippen LogP) is 3.38. The molecule has 0 bridgehead atoms. The molecule has 3 rings (SSSR count). The minimum Gasteiger partial charge on any atom is -0.480 e. The Morgan fingerprint density at radius 2 is 2.08 bits per heavy atom. The SMILES string of the molecule is CCN(C(=O)COc1cccn2cc(C)nc12)c1cccc(C)c1. The van der Waals surface area contributed by atoms with E-state index in [0.717, 1.165) is 22.6 Å². The molecule has 0 N–H and O–H groups in total. The zero-order valence-electron chi connectivity index (χ0n) is 14.2. The molecule has 24 heavy (non-hydrogen) atoms. The molecule has 2 aromatic heterocycles. The van der Waals surface area contributed by atoms with Crippen LogP contribution in [0.1, 0.15) is 18.2 Å². The maximum atomic E-state index is 12.6. The van der Waals surface area contributed by atoms with Gasteiger partial charge >= 0.3 is 0 Å². The Morgan fingerprint density at radius 3 is 2.83 bits per heavy atom. The van der Waals surface area contributed by atoms with Crippen LogP contribution in [-0.4, -0.2) is 28.4 Å². The number of carbonyl (C=O) groups excluding carboxylic acids is 1. The average molecular weight is 323 g/mol. The first-order valence-electron chi connectivity index (χ1n) is 8.02. The zero-order valence-corrected chi connectivity index (χ0v) is 14.2. The maximum Gasteiger partial charge on any atom is 0.264 e. The third kappa shape index (κ3) is 3.25. The van der Waals surface area contributed by atoms with Gasteiger partial charge in [-0.1, -0.05) is 12.1 Å². The van der Waals surface area contributed by atoms with Crippen LogP contribution < -0.4 is 9.64 Å². The number of hydrogen-bond donors (Lipinski definition) is 0. The first kappa shape index (κ1) is 16.1. The lowest BCUT2D eigenvalue weighted by Gasteiger charge is -2.21. The number of amides is 1. The van der Waals surface area contributed by atoms with Gasteiger partial charge in [0.2, 0.25) is 0 Å². The molecule has 5 heteroatoms. The number of pyridine rings is 1. The lowest BCUT2D eigenvalue weighted by Crippen LogP contribution is -2.34. The van der Waals surface area contributed by atoms with Gasteiger partial charge in [-0.05, 0) is 50.6 Å². The van der Waals surface area contributed by atoms with Crippen LogP contribution in [0.4, 0.5) is 5.69 Å². The predicted molar refractivity (Wildman–Crippen MR) is 94.6 cm³/mol. The van der Waals surface area contributed by atoms with Crippen molar-refractivity contribution in [3.8, 4) is 5.75 Å². The van der Waals surface area contributed by atoms with Gasteiger partial charge in [-0.3, -0.25) is 4.79 Å². The quantitative estimate of drug-likeness (QED) is 0.723. The number of hydrogen-bond acceptors (Lipinski definition) is 3. The van der Waals surface area contributed by atoms with Crippen molar-refractivity contribution in [2.24, 2.45) is 0 Å². The van der Waals surface area contributed by atoms with E-state index in [2.05, 4.69) is 4.98 Å². The third-order valence-electron chi connectivity index (χ3n) is 3.85. The smallest absolute Gasteiger partial charge is 0.264 e. The molecule has 0 spiro atoms. The van der Waals surface area contributed by atoms with Gasteiger partial charge in [0.05, 0.1) is 5.69 Å². The Kier molecular flexibility index (Phi) is 4.51. The number of fused-ring (bicyclic) bond motifs is 1. The second kappa shape index (κ2) is 6.74. The van der Waals surface area contributed by atoms with Gasteiger partial charge in [-0.2, -0.15) is 0 Å². The molecule has 0 saturated heterocycles. The van der Waals surface area contributed by atoms with Crippen molar-refractivity contribution in [3.05, 3.63) is 60.0 Å². The highest BCUT2D eigenvalue weighted by Gasteiger charge is 2.15. The van der Waals surface area contributed by atoms with E-state index in [1.165, 1.54) is 0 Å². The summed E-state index contributed by atoms with van der Waals surface area (Å²) in [5.41, 5.74) is 3.65. The monoisotopic (exact) mass is 323 g/mol. The molecule has 124 valence electrons. The standard InChI is InChI=1S/C19H21N3O2/c1-4-22(16-8-5-7-14(2)11-16)18(23)13-24-17-9-6-10-21-12-15(3)20-19(17)21/h5-12H,4,13H2,1-3H3. The molecule has 0 aliphatic heterocycles. The Balaban J connectivity index is 1.76. The molecule has 1 amide bonds. The summed E-state index contributed by atoms with van der Waals surface area (Å²) in [6.07, 6.45) is 3.84. The Morgan fingerprint density at radius 1 is 1.25 bits per heavy atom. The molecule has 0 fully saturated rings. The lowest BCUT2D eigenvalue weighted by molar-refractivity contribution is -0.120. The number of aryl methyl sites for hydroxylation is 2. The fourth-order valence-corrected chi connectivity index (χ4v) is 2.74. The fourth-order valence-electron chi connectivity index (χ4n) is 2.74. The van der Waals surface area contributed by atoms with Crippen molar-refractivity contribution in [1.82, 2.24) is 9.38 Å². The van der Waals surface area contributed by atoms with Gasteiger partial charge in [-0.15, -0.1) is 0 Å². The minimum atomic E-state index is -0.0756. The summed E-state index contributed by atoms with van der Waals surface area (Å²) in [5.74, 6) is 0.535. The van der Waals surface area contributed by atoms with Crippen molar-refractivity contribution in [2.75, 3.05) is 18.1 Å². The molecule has 1 aromatic carbocycles. The number of likely N-dealkylation sites (N-methyl/N-ethyl adjacent to an activating group) is 1. The van der Waals surface area contributed by atoms with Crippen LogP contribution in [0, 0.1) is 13.8 Å². The average Bonchev–Trinajstić information content (AvgIpc) is 2.94. The Bertz CT molecular complexity index is 870. The van der Waals surface area contributed by atoms with Crippen molar-refractivity contribution >= 4 is 17.2 Å². The number of rotatable bonds is 5. The number of benzene rings is 1. The first-order chi connectivity index (χ1) is 11.6. The highest BCUT2D eigenvalue weighted by Crippen LogP contribution is 2.20. The summed E-state index contributed by atoms with van der Waals surface area (Å²) in [6.45, 7) is 6.47. The van der Waals surface area contributed by atoms with E-state index in [4.69, 9.17) is 4.74 Å². The summed E-state index contributed by atoms with van der Waals surface area (Å²) >= 11 is 0. The van der Waals surface area contributed by atoms with Crippen LogP contribution in [-0.2, 0) is 4.79 Å². The van der Waals surface area contributed by atoms with Gasteiger partial charge < -0.3 is 14.0 Å². The van der Waals surface area contributed by atoms with Crippen LogP contribution in [0.5, 0.6) is 5.75 Å². The van der Waals surface area contributed by atoms with E-state index in [0.29, 0.717) is 12.3 Å². The van der Waals surface area contributed by atoms with Gasteiger partial charge in [0.15, 0.2) is 18.0 Å². The van der Waals surface area contributed by atoms with E-state index in [9.17, 15) is 4.79 Å². The molecule has 3 aromatic rings. The first-order valence-corrected chi connectivity index (χ1v) is 8.02. The van der Waals surface area contributed by atoms with Crippen LogP contribution >= 0.6 is 0 Å². The number of nitrogens with zero attached hydrogens (tertiary/aromatic N) is 3. The molecule has 5 nitrogen and oxygen atoms in total. The molecule has 0 atom stereocenters. The normalized spacial score (nSPS) is 10.8. The van der Waals surface area contributed by atoms with Crippen molar-refractivity contribution in [1.29, 1.82) is 0 Å². The van der Waals surface area contributed by atoms with Crippen LogP contribution in [0.25, 0.3) is 5.65 Å². The van der Waals surface area contributed by atoms with Gasteiger partial charge in [0, 0.05) is 24.6 Å². The van der Waals surface area contributed by atoms with Crippen molar-refractivity contribution < 1.29 is 9.53 Å². The largest absolute Gasteiger partial charge is 0.480 e. The minimum absolute atomic E-state index is 0.0205. The molecular formula is C19H21N3O2. The lowest BCUT2D eigenvalue weighted by atomic mass is 10.2. The van der Waals surface area contributed by atoms with Crippen LogP contribution in [0.3, 0.4) is 0 Å². The van der Waals surface area contributed by atoms with Crippen molar-refractivity contribution in [3.63, 3.8) is 0 Å². The highest BCUT2D eigenvalue weighted by molar-refractivity contribution is 5.94. The fraction of sp³-hybridized carbons (Fsp3) is 0.263. The highest BCUT2D eigenvalue weighted by atomic mass is 16.5. The zero-order chi connectivity index (χ0) is 17.1. The molecular weight excluding hydrogens is 302 g/mol. The van der Waals surface area contributed by atoms with Gasteiger partial charge in [-0.25, -0.2) is 4.98 Å². The van der Waals surface area contributed by atoms with E-state index in [-0.39, 0.29) is 12.5 Å². The van der Waals surface area contributed by atoms with E-state index in [1.807, 2.05) is 74.0 Å². The second-order valence-corrected chi connectivity index (χ2v) is 5.75. The Labute approximate surface area is 141 Å². The maximum absolute atomic E-state index is 12.6. The van der Waals surface area contributed by atoms with E-state index < -0.39 is 0 Å². The summed E-state index contributed by atoms with van der Waals surface area (Å²) in [6, 6.07) is 11.6. The molecule has 0 saturated carbocycles.